The van der Waals surface area contributed by atoms with E-state index in [0.717, 1.165) is 8.66 Å². The Hall–Kier alpha value is -0.390. The molecule has 1 heterocycles. The quantitative estimate of drug-likeness (QED) is 0.875. The van der Waals surface area contributed by atoms with Crippen molar-refractivity contribution in [1.82, 2.24) is 5.32 Å². The SMILES string of the molecule is CC(O)CCC(=O)NCc1ccc(Br)s1. The van der Waals surface area contributed by atoms with Crippen LogP contribution in [0.1, 0.15) is 24.6 Å². The minimum Gasteiger partial charge on any atom is -0.393 e. The molecule has 0 fully saturated rings. The number of rotatable bonds is 5. The molecule has 1 aromatic heterocycles. The average molecular weight is 292 g/mol. The van der Waals surface area contributed by atoms with Crippen LogP contribution in [0.3, 0.4) is 0 Å². The number of aliphatic hydroxyl groups is 1. The van der Waals surface area contributed by atoms with Gasteiger partial charge in [0.15, 0.2) is 0 Å². The lowest BCUT2D eigenvalue weighted by Gasteiger charge is -2.04. The normalized spacial score (nSPS) is 12.5. The molecule has 0 aliphatic rings. The van der Waals surface area contributed by atoms with E-state index in [0.29, 0.717) is 19.4 Å². The van der Waals surface area contributed by atoms with Crippen molar-refractivity contribution in [2.45, 2.75) is 32.4 Å². The molecule has 0 aromatic carbocycles. The van der Waals surface area contributed by atoms with Crippen LogP contribution in [0.4, 0.5) is 0 Å². The van der Waals surface area contributed by atoms with Crippen molar-refractivity contribution < 1.29 is 9.90 Å². The van der Waals surface area contributed by atoms with Gasteiger partial charge in [0, 0.05) is 11.3 Å². The monoisotopic (exact) mass is 291 g/mol. The van der Waals surface area contributed by atoms with E-state index >= 15 is 0 Å². The van der Waals surface area contributed by atoms with Gasteiger partial charge in [0.05, 0.1) is 16.4 Å². The van der Waals surface area contributed by atoms with Crippen LogP contribution in [0.2, 0.25) is 0 Å². The molecule has 2 N–H and O–H groups in total. The van der Waals surface area contributed by atoms with E-state index in [-0.39, 0.29) is 5.91 Å². The average Bonchev–Trinajstić information content (AvgIpc) is 2.58. The Morgan fingerprint density at radius 3 is 2.93 bits per heavy atom. The van der Waals surface area contributed by atoms with Gasteiger partial charge < -0.3 is 10.4 Å². The molecule has 1 aromatic rings. The minimum absolute atomic E-state index is 0.0135. The molecule has 1 unspecified atom stereocenters. The standard InChI is InChI=1S/C10H14BrNO2S/c1-7(13)2-5-10(14)12-6-8-3-4-9(11)15-8/h3-4,7,13H,2,5-6H2,1H3,(H,12,14). The Labute approximate surface area is 102 Å². The molecule has 0 aliphatic heterocycles. The van der Waals surface area contributed by atoms with Crippen molar-refractivity contribution in [3.05, 3.63) is 20.8 Å². The Morgan fingerprint density at radius 1 is 1.67 bits per heavy atom. The van der Waals surface area contributed by atoms with Crippen molar-refractivity contribution in [1.29, 1.82) is 0 Å². The van der Waals surface area contributed by atoms with E-state index in [4.69, 9.17) is 5.11 Å². The zero-order chi connectivity index (χ0) is 11.3. The largest absolute Gasteiger partial charge is 0.393 e. The molecule has 0 aliphatic carbocycles. The first-order chi connectivity index (χ1) is 7.08. The highest BCUT2D eigenvalue weighted by Crippen LogP contribution is 2.21. The molecule has 1 rings (SSSR count). The lowest BCUT2D eigenvalue weighted by Crippen LogP contribution is -2.23. The zero-order valence-corrected chi connectivity index (χ0v) is 10.9. The van der Waals surface area contributed by atoms with E-state index < -0.39 is 6.10 Å². The van der Waals surface area contributed by atoms with E-state index in [1.54, 1.807) is 18.3 Å². The summed E-state index contributed by atoms with van der Waals surface area (Å²) in [4.78, 5) is 12.4. The first-order valence-electron chi connectivity index (χ1n) is 4.77. The molecule has 0 bridgehead atoms. The fraction of sp³-hybridized carbons (Fsp3) is 0.500. The summed E-state index contributed by atoms with van der Waals surface area (Å²) in [6.07, 6.45) is 0.483. The predicted molar refractivity (Wildman–Crippen MR) is 64.8 cm³/mol. The van der Waals surface area contributed by atoms with Gasteiger partial charge in [-0.25, -0.2) is 0 Å². The van der Waals surface area contributed by atoms with Gasteiger partial charge in [-0.15, -0.1) is 11.3 Å². The molecule has 5 heteroatoms. The van der Waals surface area contributed by atoms with Crippen molar-refractivity contribution in [2.24, 2.45) is 0 Å². The third-order valence-corrected chi connectivity index (χ3v) is 3.50. The van der Waals surface area contributed by atoms with E-state index in [2.05, 4.69) is 21.2 Å². The maximum absolute atomic E-state index is 11.3. The van der Waals surface area contributed by atoms with Crippen LogP contribution in [0.15, 0.2) is 15.9 Å². The second kappa shape index (κ2) is 6.25. The lowest BCUT2D eigenvalue weighted by molar-refractivity contribution is -0.121. The van der Waals surface area contributed by atoms with Gasteiger partial charge in [-0.2, -0.15) is 0 Å². The fourth-order valence-electron chi connectivity index (χ4n) is 1.06. The third-order valence-electron chi connectivity index (χ3n) is 1.88. The first-order valence-corrected chi connectivity index (χ1v) is 6.38. The van der Waals surface area contributed by atoms with Crippen LogP contribution in [0.5, 0.6) is 0 Å². The second-order valence-corrected chi connectivity index (χ2v) is 5.92. The number of hydrogen-bond acceptors (Lipinski definition) is 3. The van der Waals surface area contributed by atoms with E-state index in [1.165, 1.54) is 0 Å². The lowest BCUT2D eigenvalue weighted by atomic mass is 10.2. The van der Waals surface area contributed by atoms with Gasteiger partial charge in [0.1, 0.15) is 0 Å². The summed E-state index contributed by atoms with van der Waals surface area (Å²) in [7, 11) is 0. The van der Waals surface area contributed by atoms with Gasteiger partial charge in [0.2, 0.25) is 5.91 Å². The molecule has 84 valence electrons. The topological polar surface area (TPSA) is 49.3 Å². The van der Waals surface area contributed by atoms with Crippen LogP contribution in [0, 0.1) is 0 Å². The van der Waals surface area contributed by atoms with Crippen molar-refractivity contribution in [2.75, 3.05) is 0 Å². The molecule has 0 radical (unpaired) electrons. The number of nitrogens with one attached hydrogen (secondary N) is 1. The maximum atomic E-state index is 11.3. The van der Waals surface area contributed by atoms with Gasteiger partial charge in [-0.3, -0.25) is 4.79 Å². The smallest absolute Gasteiger partial charge is 0.220 e. The molecule has 0 spiro atoms. The minimum atomic E-state index is -0.411. The molecule has 0 saturated carbocycles. The third kappa shape index (κ3) is 5.30. The summed E-state index contributed by atoms with van der Waals surface area (Å²) in [6, 6.07) is 3.94. The Kier molecular flexibility index (Phi) is 5.28. The van der Waals surface area contributed by atoms with Crippen LogP contribution >= 0.6 is 27.3 Å². The van der Waals surface area contributed by atoms with Gasteiger partial charge >= 0.3 is 0 Å². The number of hydrogen-bond donors (Lipinski definition) is 2. The van der Waals surface area contributed by atoms with E-state index in [9.17, 15) is 4.79 Å². The van der Waals surface area contributed by atoms with Gasteiger partial charge in [-0.05, 0) is 41.4 Å². The summed E-state index contributed by atoms with van der Waals surface area (Å²) in [5.41, 5.74) is 0. The predicted octanol–water partition coefficient (Wildman–Crippen LogP) is 2.29. The molecular formula is C10H14BrNO2S. The van der Waals surface area contributed by atoms with Crippen molar-refractivity contribution in [3.63, 3.8) is 0 Å². The summed E-state index contributed by atoms with van der Waals surface area (Å²) in [5, 5.41) is 11.8. The highest BCUT2D eigenvalue weighted by atomic mass is 79.9. The summed E-state index contributed by atoms with van der Waals surface area (Å²) in [6.45, 7) is 2.25. The molecule has 0 saturated heterocycles. The molecular weight excluding hydrogens is 278 g/mol. The van der Waals surface area contributed by atoms with Crippen molar-refractivity contribution in [3.8, 4) is 0 Å². The Morgan fingerprint density at radius 2 is 2.40 bits per heavy atom. The number of halogens is 1. The van der Waals surface area contributed by atoms with Crippen LogP contribution < -0.4 is 5.32 Å². The molecule has 3 nitrogen and oxygen atoms in total. The maximum Gasteiger partial charge on any atom is 0.220 e. The van der Waals surface area contributed by atoms with E-state index in [1.807, 2.05) is 12.1 Å². The van der Waals surface area contributed by atoms with Gasteiger partial charge in [-0.1, -0.05) is 0 Å². The summed E-state index contributed by atoms with van der Waals surface area (Å²) in [5.74, 6) is -0.0135. The van der Waals surface area contributed by atoms with Gasteiger partial charge in [0.25, 0.3) is 0 Å². The number of thiophene rings is 1. The molecule has 1 atom stereocenters. The number of carbonyl (C=O) groups is 1. The summed E-state index contributed by atoms with van der Waals surface area (Å²) >= 11 is 4.97. The van der Waals surface area contributed by atoms with Crippen LogP contribution in [-0.2, 0) is 11.3 Å². The Bertz CT molecular complexity index is 325. The second-order valence-electron chi connectivity index (χ2n) is 3.37. The molecule has 1 amide bonds. The number of carbonyl (C=O) groups excluding carboxylic acids is 1. The molecule has 15 heavy (non-hydrogen) atoms. The first kappa shape index (κ1) is 12.7. The highest BCUT2D eigenvalue weighted by Gasteiger charge is 2.04. The summed E-state index contributed by atoms with van der Waals surface area (Å²) < 4.78 is 1.07. The highest BCUT2D eigenvalue weighted by molar-refractivity contribution is 9.11. The zero-order valence-electron chi connectivity index (χ0n) is 8.50. The Balaban J connectivity index is 2.22. The van der Waals surface area contributed by atoms with Crippen molar-refractivity contribution >= 4 is 33.2 Å². The van der Waals surface area contributed by atoms with Crippen LogP contribution in [-0.4, -0.2) is 17.1 Å². The number of aliphatic hydroxyl groups excluding tert-OH is 1. The fourth-order valence-corrected chi connectivity index (χ4v) is 2.48. The van der Waals surface area contributed by atoms with Crippen LogP contribution in [0.25, 0.3) is 0 Å². The number of amides is 1.